The van der Waals surface area contributed by atoms with Crippen LogP contribution in [0.25, 0.3) is 0 Å². The molecule has 0 atom stereocenters. The lowest BCUT2D eigenvalue weighted by Gasteiger charge is -2.22. The number of hydrogen-bond donors (Lipinski definition) is 2. The molecular weight excluding hydrogens is 463 g/mol. The van der Waals surface area contributed by atoms with Gasteiger partial charge in [-0.1, -0.05) is 24.3 Å². The van der Waals surface area contributed by atoms with Gasteiger partial charge in [0.05, 0.1) is 11.1 Å². The molecule has 1 aromatic heterocycles. The largest absolute Gasteiger partial charge is 0.367 e. The lowest BCUT2D eigenvalue weighted by atomic mass is 9.84. The normalized spacial score (nSPS) is 11.7. The van der Waals surface area contributed by atoms with Crippen molar-refractivity contribution in [2.45, 2.75) is 0 Å². The Morgan fingerprint density at radius 3 is 1.39 bits per heavy atom. The van der Waals surface area contributed by atoms with E-state index in [1.165, 1.54) is 0 Å². The molecule has 0 bridgehead atoms. The van der Waals surface area contributed by atoms with Crippen molar-refractivity contribution < 1.29 is 9.59 Å². The fourth-order valence-electron chi connectivity index (χ4n) is 3.07. The van der Waals surface area contributed by atoms with Crippen molar-refractivity contribution >= 4 is 60.4 Å². The molecule has 1 aliphatic carbocycles. The Kier molecular flexibility index (Phi) is 12.0. The van der Waals surface area contributed by atoms with E-state index < -0.39 is 0 Å². The zero-order valence-corrected chi connectivity index (χ0v) is 20.4. The predicted octanol–water partition coefficient (Wildman–Crippen LogP) is 2.46. The first-order valence-electron chi connectivity index (χ1n) is 9.26. The molecule has 0 radical (unpaired) electrons. The molecule has 2 N–H and O–H groups in total. The quantitative estimate of drug-likeness (QED) is 0.497. The van der Waals surface area contributed by atoms with Crippen LogP contribution in [0.15, 0.2) is 24.3 Å². The van der Waals surface area contributed by atoms with Crippen LogP contribution in [0.4, 0.5) is 11.6 Å². The minimum Gasteiger partial charge on any atom is -0.367 e. The molecule has 0 saturated carbocycles. The molecule has 2 aromatic rings. The van der Waals surface area contributed by atoms with Gasteiger partial charge in [-0.25, -0.2) is 0 Å². The smallest absolute Gasteiger partial charge is 0.198 e. The number of likely N-dealkylation sites (N-methyl/N-ethyl adjacent to an activating group) is 2. The van der Waals surface area contributed by atoms with E-state index in [0.717, 1.165) is 13.1 Å². The highest BCUT2D eigenvalue weighted by Crippen LogP contribution is 2.33. The second-order valence-corrected chi connectivity index (χ2v) is 7.31. The molecule has 0 unspecified atom stereocenters. The van der Waals surface area contributed by atoms with E-state index >= 15 is 0 Å². The molecule has 8 nitrogen and oxygen atoms in total. The summed E-state index contributed by atoms with van der Waals surface area (Å²) in [6.07, 6.45) is 0. The third-order valence-electron chi connectivity index (χ3n) is 4.55. The summed E-state index contributed by atoms with van der Waals surface area (Å²) >= 11 is 0. The molecule has 31 heavy (non-hydrogen) atoms. The van der Waals surface area contributed by atoms with Crippen molar-refractivity contribution in [3.05, 3.63) is 46.5 Å². The molecule has 0 saturated heterocycles. The van der Waals surface area contributed by atoms with Crippen LogP contribution in [-0.4, -0.2) is 85.9 Å². The zero-order chi connectivity index (χ0) is 20.3. The molecule has 1 aromatic carbocycles. The van der Waals surface area contributed by atoms with Gasteiger partial charge in [0.25, 0.3) is 0 Å². The maximum absolute atomic E-state index is 13.2. The maximum atomic E-state index is 13.2. The van der Waals surface area contributed by atoms with Gasteiger partial charge in [-0.2, -0.15) is 0 Å². The number of hydrogen-bond acceptors (Lipinski definition) is 8. The number of benzene rings is 1. The second-order valence-electron chi connectivity index (χ2n) is 7.31. The molecule has 0 spiro atoms. The van der Waals surface area contributed by atoms with Crippen molar-refractivity contribution in [1.82, 2.24) is 20.0 Å². The van der Waals surface area contributed by atoms with E-state index in [1.807, 2.05) is 38.0 Å². The van der Waals surface area contributed by atoms with Crippen LogP contribution < -0.4 is 10.6 Å². The Labute approximate surface area is 201 Å². The van der Waals surface area contributed by atoms with E-state index in [2.05, 4.69) is 20.8 Å². The van der Waals surface area contributed by atoms with Crippen LogP contribution in [0.3, 0.4) is 0 Å². The zero-order valence-electron chi connectivity index (χ0n) is 18.0. The van der Waals surface area contributed by atoms with Crippen LogP contribution in [-0.2, 0) is 0 Å². The fraction of sp³-hybridized carbons (Fsp3) is 0.400. The predicted molar refractivity (Wildman–Crippen MR) is 131 cm³/mol. The number of aromatic nitrogens is 2. The number of rotatable bonds is 8. The van der Waals surface area contributed by atoms with Gasteiger partial charge < -0.3 is 20.4 Å². The Balaban J connectivity index is 0.00000300. The minimum absolute atomic E-state index is 0. The average Bonchev–Trinajstić information content (AvgIpc) is 2.66. The summed E-state index contributed by atoms with van der Waals surface area (Å²) in [7, 11) is 7.86. The van der Waals surface area contributed by atoms with Crippen molar-refractivity contribution in [2.75, 3.05) is 65.0 Å². The molecule has 3 rings (SSSR count). The fourth-order valence-corrected chi connectivity index (χ4v) is 3.07. The van der Waals surface area contributed by atoms with Gasteiger partial charge in [0, 0.05) is 37.3 Å². The Hall–Kier alpha value is -1.97. The summed E-state index contributed by atoms with van der Waals surface area (Å²) in [5, 5.41) is 14.8. The number of nitrogens with one attached hydrogen (secondary N) is 2. The number of carbonyl (C=O) groups is 2. The van der Waals surface area contributed by atoms with Gasteiger partial charge in [0.15, 0.2) is 23.2 Å². The van der Waals surface area contributed by atoms with Gasteiger partial charge in [-0.05, 0) is 28.2 Å². The van der Waals surface area contributed by atoms with Gasteiger partial charge in [0.1, 0.15) is 0 Å². The number of fused-ring (bicyclic) bond motifs is 2. The lowest BCUT2D eigenvalue weighted by molar-refractivity contribution is 0.0979. The van der Waals surface area contributed by atoms with Crippen LogP contribution in [0.2, 0.25) is 0 Å². The summed E-state index contributed by atoms with van der Waals surface area (Å²) in [6, 6.07) is 6.89. The topological polar surface area (TPSA) is 90.5 Å². The second kappa shape index (κ2) is 12.8. The summed E-state index contributed by atoms with van der Waals surface area (Å²) < 4.78 is 0. The Morgan fingerprint density at radius 1 is 0.710 bits per heavy atom. The van der Waals surface area contributed by atoms with E-state index in [9.17, 15) is 9.59 Å². The maximum Gasteiger partial charge on any atom is 0.198 e. The van der Waals surface area contributed by atoms with Crippen LogP contribution >= 0.6 is 37.2 Å². The summed E-state index contributed by atoms with van der Waals surface area (Å²) in [6.45, 7) is 2.70. The highest BCUT2D eigenvalue weighted by atomic mass is 35.5. The molecule has 11 heteroatoms. The highest BCUT2D eigenvalue weighted by Gasteiger charge is 2.35. The van der Waals surface area contributed by atoms with Crippen molar-refractivity contribution in [3.8, 4) is 0 Å². The molecule has 1 heterocycles. The molecular formula is C20H29Cl3N6O2. The number of anilines is 2. The molecule has 1 aliphatic rings. The van der Waals surface area contributed by atoms with Crippen molar-refractivity contribution in [3.63, 3.8) is 0 Å². The van der Waals surface area contributed by atoms with Gasteiger partial charge in [-0.3, -0.25) is 9.59 Å². The monoisotopic (exact) mass is 490 g/mol. The molecule has 0 amide bonds. The van der Waals surface area contributed by atoms with Crippen molar-refractivity contribution in [2.24, 2.45) is 0 Å². The number of ketones is 2. The lowest BCUT2D eigenvalue weighted by Crippen LogP contribution is -2.29. The van der Waals surface area contributed by atoms with Crippen LogP contribution in [0, 0.1) is 0 Å². The van der Waals surface area contributed by atoms with Crippen LogP contribution in [0.1, 0.15) is 31.8 Å². The van der Waals surface area contributed by atoms with E-state index in [4.69, 9.17) is 0 Å². The number of carbonyl (C=O) groups excluding carboxylic acids is 2. The van der Waals surface area contributed by atoms with Crippen molar-refractivity contribution in [1.29, 1.82) is 0 Å². The standard InChI is InChI=1S/C20H26N6O2.3ClH/c1-25(2)11-9-21-19-15-16(20(24-23-19)22-10-12-26(3)4)18(28)14-8-6-5-7-13(14)17(15)27;;;/h5-8H,9-12H2,1-4H3,(H,21,23)(H,22,24);3*1H. The Morgan fingerprint density at radius 2 is 1.06 bits per heavy atom. The summed E-state index contributed by atoms with van der Waals surface area (Å²) in [5.74, 6) is 0.289. The van der Waals surface area contributed by atoms with Gasteiger partial charge in [0.2, 0.25) is 0 Å². The van der Waals surface area contributed by atoms with E-state index in [1.54, 1.807) is 24.3 Å². The molecule has 0 fully saturated rings. The molecule has 0 aliphatic heterocycles. The first-order chi connectivity index (χ1) is 13.4. The first kappa shape index (κ1) is 29.0. The summed E-state index contributed by atoms with van der Waals surface area (Å²) in [5.41, 5.74) is 1.40. The SMILES string of the molecule is CN(C)CCNc1nnc(NCCN(C)C)c2c1C(=O)c1ccccc1C2=O.Cl.Cl.Cl. The van der Waals surface area contributed by atoms with E-state index in [0.29, 0.717) is 47.0 Å². The number of halogens is 3. The van der Waals surface area contributed by atoms with Gasteiger partial charge in [-0.15, -0.1) is 47.4 Å². The van der Waals surface area contributed by atoms with Crippen LogP contribution in [0.5, 0.6) is 0 Å². The highest BCUT2D eigenvalue weighted by molar-refractivity contribution is 6.31. The third kappa shape index (κ3) is 6.51. The average molecular weight is 492 g/mol. The van der Waals surface area contributed by atoms with E-state index in [-0.39, 0.29) is 48.8 Å². The van der Waals surface area contributed by atoms with Gasteiger partial charge >= 0.3 is 0 Å². The third-order valence-corrected chi connectivity index (χ3v) is 4.55. The summed E-state index contributed by atoms with van der Waals surface area (Å²) in [4.78, 5) is 30.4. The molecule has 172 valence electrons. The number of nitrogens with zero attached hydrogens (tertiary/aromatic N) is 4. The minimum atomic E-state index is -0.205. The first-order valence-corrected chi connectivity index (χ1v) is 9.26. The Bertz CT molecular complexity index is 836.